The highest BCUT2D eigenvalue weighted by atomic mass is 16.2. The van der Waals surface area contributed by atoms with E-state index < -0.39 is 6.04 Å². The van der Waals surface area contributed by atoms with Crippen LogP contribution in [-0.4, -0.2) is 28.8 Å². The monoisotopic (exact) mass is 394 g/mol. The molecule has 2 rings (SSSR count). The predicted octanol–water partition coefficient (Wildman–Crippen LogP) is 4.49. The first kappa shape index (κ1) is 22.7. The van der Waals surface area contributed by atoms with Crippen LogP contribution >= 0.6 is 0 Å². The molecule has 1 N–H and O–H groups in total. The molecule has 0 unspecified atom stereocenters. The predicted molar refractivity (Wildman–Crippen MR) is 119 cm³/mol. The maximum absolute atomic E-state index is 13.2. The van der Waals surface area contributed by atoms with Gasteiger partial charge in [0.15, 0.2) is 0 Å². The Morgan fingerprint density at radius 2 is 1.69 bits per heavy atom. The molecule has 0 bridgehead atoms. The summed E-state index contributed by atoms with van der Waals surface area (Å²) >= 11 is 0. The van der Waals surface area contributed by atoms with Crippen LogP contribution in [0.1, 0.15) is 55.0 Å². The summed E-state index contributed by atoms with van der Waals surface area (Å²) < 4.78 is 0. The molecule has 2 aromatic carbocycles. The average Bonchev–Trinajstić information content (AvgIpc) is 2.68. The first-order valence-electron chi connectivity index (χ1n) is 10.4. The number of hydrogen-bond acceptors (Lipinski definition) is 2. The summed E-state index contributed by atoms with van der Waals surface area (Å²) in [4.78, 5) is 27.7. The lowest BCUT2D eigenvalue weighted by Gasteiger charge is -2.30. The van der Waals surface area contributed by atoms with Crippen LogP contribution in [0.2, 0.25) is 0 Å². The van der Waals surface area contributed by atoms with E-state index in [0.29, 0.717) is 6.54 Å². The molecule has 4 nitrogen and oxygen atoms in total. The summed E-state index contributed by atoms with van der Waals surface area (Å²) in [6.07, 6.45) is 1.14. The second-order valence-electron chi connectivity index (χ2n) is 8.10. The molecule has 4 heteroatoms. The lowest BCUT2D eigenvalue weighted by molar-refractivity contribution is -0.140. The van der Waals surface area contributed by atoms with Crippen molar-refractivity contribution in [2.45, 2.75) is 73.0 Å². The third-order valence-corrected chi connectivity index (χ3v) is 5.53. The molecule has 0 aliphatic carbocycles. The quantitative estimate of drug-likeness (QED) is 0.717. The SMILES string of the molecule is CC[C@@H](C)NC(=O)[C@H](C)N(Cc1cccc(C)c1)C(=O)Cc1ccc(C)c(C)c1. The number of carbonyl (C=O) groups excluding carboxylic acids is 2. The molecule has 0 saturated heterocycles. The molecular weight excluding hydrogens is 360 g/mol. The van der Waals surface area contributed by atoms with E-state index in [1.807, 2.05) is 58.0 Å². The lowest BCUT2D eigenvalue weighted by Crippen LogP contribution is -2.49. The van der Waals surface area contributed by atoms with Crippen LogP contribution in [-0.2, 0) is 22.6 Å². The maximum atomic E-state index is 13.2. The van der Waals surface area contributed by atoms with E-state index in [9.17, 15) is 9.59 Å². The second kappa shape index (κ2) is 10.2. The van der Waals surface area contributed by atoms with Crippen LogP contribution < -0.4 is 5.32 Å². The van der Waals surface area contributed by atoms with Gasteiger partial charge in [-0.25, -0.2) is 0 Å². The Morgan fingerprint density at radius 3 is 2.31 bits per heavy atom. The van der Waals surface area contributed by atoms with Gasteiger partial charge in [-0.05, 0) is 63.3 Å². The summed E-state index contributed by atoms with van der Waals surface area (Å²) in [5.41, 5.74) is 5.52. The Bertz CT molecular complexity index is 860. The minimum Gasteiger partial charge on any atom is -0.352 e. The molecular formula is C25H34N2O2. The van der Waals surface area contributed by atoms with E-state index in [0.717, 1.165) is 23.1 Å². The molecule has 0 fully saturated rings. The highest BCUT2D eigenvalue weighted by Crippen LogP contribution is 2.16. The first-order valence-corrected chi connectivity index (χ1v) is 10.4. The summed E-state index contributed by atoms with van der Waals surface area (Å²) in [7, 11) is 0. The number of amides is 2. The van der Waals surface area contributed by atoms with Gasteiger partial charge in [-0.2, -0.15) is 0 Å². The third-order valence-electron chi connectivity index (χ3n) is 5.53. The van der Waals surface area contributed by atoms with Crippen molar-refractivity contribution in [2.24, 2.45) is 0 Å². The molecule has 2 atom stereocenters. The molecule has 0 aliphatic heterocycles. The van der Waals surface area contributed by atoms with Gasteiger partial charge in [-0.15, -0.1) is 0 Å². The summed E-state index contributed by atoms with van der Waals surface area (Å²) in [5.74, 6) is -0.151. The van der Waals surface area contributed by atoms with Crippen molar-refractivity contribution >= 4 is 11.8 Å². The largest absolute Gasteiger partial charge is 0.352 e. The molecule has 156 valence electrons. The van der Waals surface area contributed by atoms with Gasteiger partial charge in [0.05, 0.1) is 6.42 Å². The normalized spacial score (nSPS) is 12.9. The Labute approximate surface area is 175 Å². The summed E-state index contributed by atoms with van der Waals surface area (Å²) in [6.45, 7) is 12.4. The molecule has 0 heterocycles. The van der Waals surface area contributed by atoms with Gasteiger partial charge in [0.2, 0.25) is 11.8 Å². The smallest absolute Gasteiger partial charge is 0.242 e. The van der Waals surface area contributed by atoms with Gasteiger partial charge in [-0.3, -0.25) is 9.59 Å². The molecule has 2 amide bonds. The van der Waals surface area contributed by atoms with Crippen molar-refractivity contribution in [1.82, 2.24) is 10.2 Å². The Kier molecular flexibility index (Phi) is 8.00. The molecule has 0 spiro atoms. The number of nitrogens with zero attached hydrogens (tertiary/aromatic N) is 1. The third kappa shape index (κ3) is 6.45. The standard InChI is InChI=1S/C25H34N2O2/c1-7-20(5)26-25(29)21(6)27(16-23-10-8-9-17(2)13-23)24(28)15-22-12-11-18(3)19(4)14-22/h8-14,20-21H,7,15-16H2,1-6H3,(H,26,29)/t20-,21+/m1/s1. The molecule has 0 aromatic heterocycles. The van der Waals surface area contributed by atoms with E-state index in [1.54, 1.807) is 4.90 Å². The molecule has 0 aliphatic rings. The van der Waals surface area contributed by atoms with Crippen molar-refractivity contribution in [3.63, 3.8) is 0 Å². The van der Waals surface area contributed by atoms with Gasteiger partial charge in [0.25, 0.3) is 0 Å². The van der Waals surface area contributed by atoms with E-state index in [4.69, 9.17) is 0 Å². The van der Waals surface area contributed by atoms with Crippen molar-refractivity contribution in [1.29, 1.82) is 0 Å². The topological polar surface area (TPSA) is 49.4 Å². The zero-order chi connectivity index (χ0) is 21.6. The van der Waals surface area contributed by atoms with Gasteiger partial charge in [-0.1, -0.05) is 55.0 Å². The highest BCUT2D eigenvalue weighted by Gasteiger charge is 2.26. The van der Waals surface area contributed by atoms with Crippen molar-refractivity contribution in [3.8, 4) is 0 Å². The highest BCUT2D eigenvalue weighted by molar-refractivity contribution is 5.88. The minimum atomic E-state index is -0.538. The number of aryl methyl sites for hydroxylation is 3. The second-order valence-corrected chi connectivity index (χ2v) is 8.10. The van der Waals surface area contributed by atoms with Gasteiger partial charge >= 0.3 is 0 Å². The fourth-order valence-electron chi connectivity index (χ4n) is 3.24. The Hall–Kier alpha value is -2.62. The van der Waals surface area contributed by atoms with Crippen LogP contribution in [0, 0.1) is 20.8 Å². The zero-order valence-corrected chi connectivity index (χ0v) is 18.6. The van der Waals surface area contributed by atoms with E-state index >= 15 is 0 Å². The van der Waals surface area contributed by atoms with Crippen molar-refractivity contribution < 1.29 is 9.59 Å². The zero-order valence-electron chi connectivity index (χ0n) is 18.6. The van der Waals surface area contributed by atoms with Crippen LogP contribution in [0.5, 0.6) is 0 Å². The number of rotatable bonds is 8. The minimum absolute atomic E-state index is 0.0402. The van der Waals surface area contributed by atoms with Crippen molar-refractivity contribution in [2.75, 3.05) is 0 Å². The maximum Gasteiger partial charge on any atom is 0.242 e. The first-order chi connectivity index (χ1) is 13.7. The number of carbonyl (C=O) groups is 2. The van der Waals surface area contributed by atoms with E-state index in [2.05, 4.69) is 31.3 Å². The van der Waals surface area contributed by atoms with Gasteiger partial charge in [0.1, 0.15) is 6.04 Å². The average molecular weight is 395 g/mol. The molecule has 0 saturated carbocycles. The fourth-order valence-corrected chi connectivity index (χ4v) is 3.24. The molecule has 29 heavy (non-hydrogen) atoms. The van der Waals surface area contributed by atoms with Gasteiger partial charge < -0.3 is 10.2 Å². The number of hydrogen-bond donors (Lipinski definition) is 1. The Balaban J connectivity index is 2.25. The van der Waals surface area contributed by atoms with Crippen molar-refractivity contribution in [3.05, 3.63) is 70.3 Å². The van der Waals surface area contributed by atoms with Crippen LogP contribution in [0.15, 0.2) is 42.5 Å². The molecule has 0 radical (unpaired) electrons. The number of benzene rings is 2. The summed E-state index contributed by atoms with van der Waals surface area (Å²) in [5, 5.41) is 3.01. The lowest BCUT2D eigenvalue weighted by atomic mass is 10.0. The number of nitrogens with one attached hydrogen (secondary N) is 1. The Morgan fingerprint density at radius 1 is 0.966 bits per heavy atom. The summed E-state index contributed by atoms with van der Waals surface area (Å²) in [6, 6.07) is 13.7. The molecule has 2 aromatic rings. The van der Waals surface area contributed by atoms with Gasteiger partial charge in [0, 0.05) is 12.6 Å². The van der Waals surface area contributed by atoms with Crippen LogP contribution in [0.25, 0.3) is 0 Å². The van der Waals surface area contributed by atoms with E-state index in [-0.39, 0.29) is 24.3 Å². The van der Waals surface area contributed by atoms with Crippen LogP contribution in [0.3, 0.4) is 0 Å². The fraction of sp³-hybridized carbons (Fsp3) is 0.440. The van der Waals surface area contributed by atoms with E-state index in [1.165, 1.54) is 11.1 Å². The van der Waals surface area contributed by atoms with Crippen LogP contribution in [0.4, 0.5) is 0 Å².